The summed E-state index contributed by atoms with van der Waals surface area (Å²) in [5.74, 6) is 0.318. The summed E-state index contributed by atoms with van der Waals surface area (Å²) in [5, 5.41) is 0. The molecule has 2 atom stereocenters. The summed E-state index contributed by atoms with van der Waals surface area (Å²) >= 11 is 0. The molecule has 1 aliphatic rings. The Morgan fingerprint density at radius 3 is 2.41 bits per heavy atom. The second-order valence-electron chi connectivity index (χ2n) is 7.16. The molecule has 0 aromatic carbocycles. The normalized spacial score (nSPS) is 22.3. The van der Waals surface area contributed by atoms with Crippen molar-refractivity contribution < 1.29 is 19.1 Å². The van der Waals surface area contributed by atoms with Crippen LogP contribution in [0.5, 0.6) is 0 Å². The number of rotatable bonds is 6. The summed E-state index contributed by atoms with van der Waals surface area (Å²) in [5.41, 5.74) is 0.717. The minimum Gasteiger partial charge on any atom is -0.469 e. The third-order valence-corrected chi connectivity index (χ3v) is 4.15. The molecule has 0 aliphatic heterocycles. The molecule has 0 aromatic heterocycles. The summed E-state index contributed by atoms with van der Waals surface area (Å²) in [6.45, 7) is 9.88. The fraction of sp³-hybridized carbons (Fsp3) is 0.778. The lowest BCUT2D eigenvalue weighted by Crippen LogP contribution is -2.27. The van der Waals surface area contributed by atoms with E-state index in [1.165, 1.54) is 7.11 Å². The molecule has 1 saturated carbocycles. The highest BCUT2D eigenvalue weighted by atomic mass is 16.6. The van der Waals surface area contributed by atoms with Crippen LogP contribution < -0.4 is 0 Å². The minimum absolute atomic E-state index is 0.145. The smallest absolute Gasteiger partial charge is 0.306 e. The highest BCUT2D eigenvalue weighted by Crippen LogP contribution is 2.38. The largest absolute Gasteiger partial charge is 0.469 e. The van der Waals surface area contributed by atoms with Crippen LogP contribution in [0.2, 0.25) is 0 Å². The van der Waals surface area contributed by atoms with Gasteiger partial charge >= 0.3 is 11.9 Å². The summed E-state index contributed by atoms with van der Waals surface area (Å²) in [7, 11) is 1.42. The van der Waals surface area contributed by atoms with Crippen LogP contribution in [0.1, 0.15) is 65.7 Å². The maximum absolute atomic E-state index is 12.0. The Bertz CT molecular complexity index is 406. The van der Waals surface area contributed by atoms with E-state index in [9.17, 15) is 9.59 Å². The summed E-state index contributed by atoms with van der Waals surface area (Å²) < 4.78 is 10.1. The molecule has 1 unspecified atom stereocenters. The SMILES string of the molecule is C=C1C(CCCC(=O)OC)CCC[C@H]1CC(=O)OC(C)(C)C. The Labute approximate surface area is 134 Å². The number of hydrogen-bond acceptors (Lipinski definition) is 4. The zero-order valence-electron chi connectivity index (χ0n) is 14.4. The van der Waals surface area contributed by atoms with E-state index in [0.29, 0.717) is 18.8 Å². The number of allylic oxidation sites excluding steroid dienone is 1. The fourth-order valence-corrected chi connectivity index (χ4v) is 3.06. The van der Waals surface area contributed by atoms with Gasteiger partial charge in [-0.2, -0.15) is 0 Å². The molecule has 0 aromatic rings. The van der Waals surface area contributed by atoms with Gasteiger partial charge in [0, 0.05) is 6.42 Å². The van der Waals surface area contributed by atoms with Crippen molar-refractivity contribution in [3.63, 3.8) is 0 Å². The Morgan fingerprint density at radius 2 is 1.82 bits per heavy atom. The highest BCUT2D eigenvalue weighted by Gasteiger charge is 2.29. The molecule has 0 saturated heterocycles. The van der Waals surface area contributed by atoms with Crippen LogP contribution in [0, 0.1) is 11.8 Å². The van der Waals surface area contributed by atoms with Crippen molar-refractivity contribution >= 4 is 11.9 Å². The van der Waals surface area contributed by atoms with Gasteiger partial charge in [-0.1, -0.05) is 18.6 Å². The average Bonchev–Trinajstić information content (AvgIpc) is 2.40. The van der Waals surface area contributed by atoms with Crippen molar-refractivity contribution in [2.45, 2.75) is 71.3 Å². The van der Waals surface area contributed by atoms with Gasteiger partial charge in [0.1, 0.15) is 5.60 Å². The van der Waals surface area contributed by atoms with Crippen LogP contribution in [0.15, 0.2) is 12.2 Å². The lowest BCUT2D eigenvalue weighted by atomic mass is 9.74. The van der Waals surface area contributed by atoms with Crippen LogP contribution in [-0.4, -0.2) is 24.6 Å². The van der Waals surface area contributed by atoms with Gasteiger partial charge in [-0.15, -0.1) is 0 Å². The first-order chi connectivity index (χ1) is 10.2. The van der Waals surface area contributed by atoms with Crippen molar-refractivity contribution in [3.05, 3.63) is 12.2 Å². The van der Waals surface area contributed by atoms with E-state index in [2.05, 4.69) is 11.3 Å². The second kappa shape index (κ2) is 8.35. The fourth-order valence-electron chi connectivity index (χ4n) is 3.06. The van der Waals surface area contributed by atoms with E-state index >= 15 is 0 Å². The van der Waals surface area contributed by atoms with Crippen molar-refractivity contribution in [2.75, 3.05) is 7.11 Å². The third kappa shape index (κ3) is 6.63. The van der Waals surface area contributed by atoms with Gasteiger partial charge in [0.05, 0.1) is 13.5 Å². The number of carbonyl (C=O) groups excluding carboxylic acids is 2. The third-order valence-electron chi connectivity index (χ3n) is 4.15. The van der Waals surface area contributed by atoms with Gasteiger partial charge in [-0.3, -0.25) is 9.59 Å². The molecule has 1 aliphatic carbocycles. The van der Waals surface area contributed by atoms with Crippen molar-refractivity contribution in [2.24, 2.45) is 11.8 Å². The molecule has 126 valence electrons. The quantitative estimate of drug-likeness (QED) is 0.549. The predicted octanol–water partition coefficient (Wildman–Crippen LogP) is 4.03. The van der Waals surface area contributed by atoms with E-state index in [1.807, 2.05) is 20.8 Å². The standard InChI is InChI=1S/C18H30O4/c1-13-14(9-7-11-16(19)21-5)8-6-10-15(13)12-17(20)22-18(2,3)4/h14-15H,1,6-12H2,2-5H3/t14?,15-/m0/s1. The lowest BCUT2D eigenvalue weighted by Gasteiger charge is -2.32. The number of hydrogen-bond donors (Lipinski definition) is 0. The van der Waals surface area contributed by atoms with Crippen LogP contribution >= 0.6 is 0 Å². The molecule has 1 fully saturated rings. The summed E-state index contributed by atoms with van der Waals surface area (Å²) in [6, 6.07) is 0. The number of carbonyl (C=O) groups is 2. The van der Waals surface area contributed by atoms with E-state index in [4.69, 9.17) is 4.74 Å². The van der Waals surface area contributed by atoms with Crippen LogP contribution in [0.3, 0.4) is 0 Å². The Hall–Kier alpha value is -1.32. The molecule has 0 heterocycles. The van der Waals surface area contributed by atoms with E-state index in [0.717, 1.165) is 37.7 Å². The molecule has 0 N–H and O–H groups in total. The van der Waals surface area contributed by atoms with Crippen molar-refractivity contribution in [1.82, 2.24) is 0 Å². The molecule has 22 heavy (non-hydrogen) atoms. The molecule has 1 rings (SSSR count). The maximum atomic E-state index is 12.0. The molecule has 0 radical (unpaired) electrons. The van der Waals surface area contributed by atoms with Gasteiger partial charge in [-0.05, 0) is 58.3 Å². The van der Waals surface area contributed by atoms with E-state index in [-0.39, 0.29) is 17.9 Å². The molecule has 4 nitrogen and oxygen atoms in total. The first-order valence-corrected chi connectivity index (χ1v) is 8.20. The molecular formula is C18H30O4. The van der Waals surface area contributed by atoms with Gasteiger partial charge < -0.3 is 9.47 Å². The van der Waals surface area contributed by atoms with Gasteiger partial charge in [0.2, 0.25) is 0 Å². The number of esters is 2. The Balaban J connectivity index is 2.45. The average molecular weight is 310 g/mol. The molecular weight excluding hydrogens is 280 g/mol. The van der Waals surface area contributed by atoms with Gasteiger partial charge in [-0.25, -0.2) is 0 Å². The van der Waals surface area contributed by atoms with Crippen LogP contribution in [0.25, 0.3) is 0 Å². The predicted molar refractivity (Wildman–Crippen MR) is 86.3 cm³/mol. The van der Waals surface area contributed by atoms with Gasteiger partial charge in [0.25, 0.3) is 0 Å². The molecule has 0 bridgehead atoms. The van der Waals surface area contributed by atoms with Crippen LogP contribution in [0.4, 0.5) is 0 Å². The van der Waals surface area contributed by atoms with Crippen molar-refractivity contribution in [3.8, 4) is 0 Å². The molecule has 4 heteroatoms. The molecule has 0 amide bonds. The first kappa shape index (κ1) is 18.7. The van der Waals surface area contributed by atoms with E-state index in [1.54, 1.807) is 0 Å². The highest BCUT2D eigenvalue weighted by molar-refractivity contribution is 5.70. The monoisotopic (exact) mass is 310 g/mol. The van der Waals surface area contributed by atoms with E-state index < -0.39 is 5.60 Å². The zero-order chi connectivity index (χ0) is 16.8. The number of ether oxygens (including phenoxy) is 2. The minimum atomic E-state index is -0.438. The second-order valence-corrected chi connectivity index (χ2v) is 7.16. The topological polar surface area (TPSA) is 52.6 Å². The van der Waals surface area contributed by atoms with Gasteiger partial charge in [0.15, 0.2) is 0 Å². The maximum Gasteiger partial charge on any atom is 0.306 e. The molecule has 0 spiro atoms. The Kier molecular flexibility index (Phi) is 7.11. The Morgan fingerprint density at radius 1 is 1.18 bits per heavy atom. The van der Waals surface area contributed by atoms with Crippen molar-refractivity contribution in [1.29, 1.82) is 0 Å². The first-order valence-electron chi connectivity index (χ1n) is 8.20. The lowest BCUT2D eigenvalue weighted by molar-refractivity contribution is -0.155. The van der Waals surface area contributed by atoms with Crippen LogP contribution in [-0.2, 0) is 19.1 Å². The summed E-state index contributed by atoms with van der Waals surface area (Å²) in [6.07, 6.45) is 5.85. The number of methoxy groups -OCH3 is 1. The summed E-state index contributed by atoms with van der Waals surface area (Å²) in [4.78, 5) is 23.2. The zero-order valence-corrected chi connectivity index (χ0v) is 14.4.